The average molecular weight is 285 g/mol. The van der Waals surface area contributed by atoms with Gasteiger partial charge in [-0.1, -0.05) is 57.0 Å². The largest absolute Gasteiger partial charge is 0.297 e. The Labute approximate surface area is 129 Å². The van der Waals surface area contributed by atoms with Crippen molar-refractivity contribution in [1.82, 2.24) is 10.2 Å². The van der Waals surface area contributed by atoms with Crippen molar-refractivity contribution < 1.29 is 0 Å². The molecule has 0 radical (unpaired) electrons. The minimum atomic E-state index is -0.603. The maximum absolute atomic E-state index is 9.91. The van der Waals surface area contributed by atoms with Crippen LogP contribution in [0.4, 0.5) is 0 Å². The summed E-state index contributed by atoms with van der Waals surface area (Å²) in [5.74, 6) is 0. The van der Waals surface area contributed by atoms with E-state index in [9.17, 15) is 5.26 Å². The van der Waals surface area contributed by atoms with E-state index < -0.39 is 5.54 Å². The third-order valence-electron chi connectivity index (χ3n) is 4.62. The summed E-state index contributed by atoms with van der Waals surface area (Å²) in [6, 6.07) is 13.4. The lowest BCUT2D eigenvalue weighted by Crippen LogP contribution is -2.52. The second-order valence-electron chi connectivity index (χ2n) is 5.91. The fourth-order valence-electron chi connectivity index (χ4n) is 3.49. The molecule has 1 aromatic rings. The Balaban J connectivity index is 2.25. The molecule has 1 N–H and O–H groups in total. The average Bonchev–Trinajstić information content (AvgIpc) is 3.06. The number of benzene rings is 1. The molecule has 0 heterocycles. The molecule has 1 saturated carbocycles. The van der Waals surface area contributed by atoms with Crippen LogP contribution in [0.15, 0.2) is 30.3 Å². The third kappa shape index (κ3) is 3.64. The molecule has 0 bridgehead atoms. The van der Waals surface area contributed by atoms with Crippen LogP contribution in [-0.2, 0) is 5.54 Å². The van der Waals surface area contributed by atoms with Gasteiger partial charge in [0.15, 0.2) is 0 Å². The summed E-state index contributed by atoms with van der Waals surface area (Å²) >= 11 is 0. The van der Waals surface area contributed by atoms with Gasteiger partial charge in [-0.25, -0.2) is 0 Å². The van der Waals surface area contributed by atoms with Crippen molar-refractivity contribution in [2.75, 3.05) is 19.6 Å². The highest BCUT2D eigenvalue weighted by Gasteiger charge is 2.35. The van der Waals surface area contributed by atoms with Crippen LogP contribution in [-0.4, -0.2) is 30.6 Å². The van der Waals surface area contributed by atoms with Crippen molar-refractivity contribution in [3.63, 3.8) is 0 Å². The topological polar surface area (TPSA) is 39.1 Å². The second-order valence-corrected chi connectivity index (χ2v) is 5.91. The van der Waals surface area contributed by atoms with Crippen molar-refractivity contribution in [2.24, 2.45) is 0 Å². The van der Waals surface area contributed by atoms with Crippen LogP contribution >= 0.6 is 0 Å². The zero-order valence-corrected chi connectivity index (χ0v) is 13.3. The van der Waals surface area contributed by atoms with Gasteiger partial charge in [-0.3, -0.25) is 10.2 Å². The number of likely N-dealkylation sites (N-methyl/N-ethyl adjacent to an activating group) is 2. The highest BCUT2D eigenvalue weighted by molar-refractivity contribution is 5.32. The number of nitrogens with zero attached hydrogens (tertiary/aromatic N) is 2. The molecule has 21 heavy (non-hydrogen) atoms. The van der Waals surface area contributed by atoms with Gasteiger partial charge in [-0.15, -0.1) is 0 Å². The van der Waals surface area contributed by atoms with Crippen LogP contribution in [0.25, 0.3) is 0 Å². The summed E-state index contributed by atoms with van der Waals surface area (Å²) in [6.07, 6.45) is 5.20. The minimum absolute atomic E-state index is 0.603. The Morgan fingerprint density at radius 2 is 1.90 bits per heavy atom. The lowest BCUT2D eigenvalue weighted by molar-refractivity contribution is 0.164. The van der Waals surface area contributed by atoms with Gasteiger partial charge in [0, 0.05) is 12.6 Å². The number of nitrogens with one attached hydrogen (secondary N) is 1. The van der Waals surface area contributed by atoms with Crippen molar-refractivity contribution in [3.05, 3.63) is 35.9 Å². The Morgan fingerprint density at radius 1 is 1.24 bits per heavy atom. The van der Waals surface area contributed by atoms with Crippen molar-refractivity contribution in [1.29, 1.82) is 5.26 Å². The van der Waals surface area contributed by atoms with Gasteiger partial charge in [0.25, 0.3) is 0 Å². The molecule has 1 aliphatic rings. The summed E-state index contributed by atoms with van der Waals surface area (Å²) in [5.41, 5.74) is 0.472. The summed E-state index contributed by atoms with van der Waals surface area (Å²) in [4.78, 5) is 2.49. The van der Waals surface area contributed by atoms with E-state index in [1.807, 2.05) is 18.2 Å². The summed E-state index contributed by atoms with van der Waals surface area (Å²) < 4.78 is 0. The van der Waals surface area contributed by atoms with Gasteiger partial charge in [0.2, 0.25) is 0 Å². The third-order valence-corrected chi connectivity index (χ3v) is 4.62. The Morgan fingerprint density at radius 3 is 2.43 bits per heavy atom. The molecule has 0 aromatic heterocycles. The summed E-state index contributed by atoms with van der Waals surface area (Å²) in [6.45, 7) is 6.85. The maximum Gasteiger partial charge on any atom is 0.145 e. The quantitative estimate of drug-likeness (QED) is 0.835. The van der Waals surface area contributed by atoms with Crippen LogP contribution in [0.5, 0.6) is 0 Å². The molecule has 1 fully saturated rings. The highest BCUT2D eigenvalue weighted by atomic mass is 15.2. The van der Waals surface area contributed by atoms with E-state index in [1.165, 1.54) is 25.7 Å². The van der Waals surface area contributed by atoms with Gasteiger partial charge in [-0.2, -0.15) is 5.26 Å². The molecular formula is C18H27N3. The van der Waals surface area contributed by atoms with Crippen LogP contribution in [0.3, 0.4) is 0 Å². The Hall–Kier alpha value is -1.37. The zero-order valence-electron chi connectivity index (χ0n) is 13.3. The molecule has 2 rings (SSSR count). The molecule has 0 spiro atoms. The molecule has 114 valence electrons. The monoisotopic (exact) mass is 285 g/mol. The van der Waals surface area contributed by atoms with Crippen LogP contribution < -0.4 is 5.32 Å². The first kappa shape index (κ1) is 16.0. The summed E-state index contributed by atoms with van der Waals surface area (Å²) in [5, 5.41) is 13.4. The number of rotatable bonds is 7. The first-order valence-corrected chi connectivity index (χ1v) is 8.21. The van der Waals surface area contributed by atoms with E-state index in [1.54, 1.807) is 0 Å². The van der Waals surface area contributed by atoms with E-state index in [4.69, 9.17) is 0 Å². The molecule has 0 amide bonds. The standard InChI is InChI=1S/C18H27N3/c1-3-20-18(14-19,16-10-6-5-7-11-16)15-21(4-2)17-12-8-9-13-17/h5-7,10-11,17,20H,3-4,8-9,12-13,15H2,1-2H3. The van der Waals surface area contributed by atoms with Crippen LogP contribution in [0.1, 0.15) is 45.1 Å². The Bertz CT molecular complexity index is 459. The van der Waals surface area contributed by atoms with Gasteiger partial charge in [0.1, 0.15) is 5.54 Å². The predicted molar refractivity (Wildman–Crippen MR) is 86.9 cm³/mol. The molecule has 3 heteroatoms. The lowest BCUT2D eigenvalue weighted by Gasteiger charge is -2.37. The lowest BCUT2D eigenvalue weighted by atomic mass is 9.90. The number of hydrogen-bond donors (Lipinski definition) is 1. The van der Waals surface area contributed by atoms with Gasteiger partial charge >= 0.3 is 0 Å². The van der Waals surface area contributed by atoms with E-state index >= 15 is 0 Å². The molecule has 0 saturated heterocycles. The number of hydrogen-bond acceptors (Lipinski definition) is 3. The van der Waals surface area contributed by atoms with Crippen molar-refractivity contribution in [2.45, 2.75) is 51.1 Å². The van der Waals surface area contributed by atoms with Crippen molar-refractivity contribution >= 4 is 0 Å². The fourth-order valence-corrected chi connectivity index (χ4v) is 3.49. The molecule has 3 nitrogen and oxygen atoms in total. The SMILES string of the molecule is CCNC(C#N)(CN(CC)C1CCCC1)c1ccccc1. The first-order valence-electron chi connectivity index (χ1n) is 8.21. The zero-order chi connectivity index (χ0) is 15.1. The molecule has 0 aliphatic heterocycles. The molecular weight excluding hydrogens is 258 g/mol. The molecule has 1 aliphatic carbocycles. The Kier molecular flexibility index (Phi) is 5.78. The van der Waals surface area contributed by atoms with Gasteiger partial charge < -0.3 is 0 Å². The molecule has 1 atom stereocenters. The van der Waals surface area contributed by atoms with E-state index in [0.717, 1.165) is 25.2 Å². The minimum Gasteiger partial charge on any atom is -0.297 e. The first-order chi connectivity index (χ1) is 10.3. The molecule has 1 unspecified atom stereocenters. The smallest absolute Gasteiger partial charge is 0.145 e. The van der Waals surface area contributed by atoms with E-state index in [2.05, 4.69) is 42.3 Å². The predicted octanol–water partition coefficient (Wildman–Crippen LogP) is 3.28. The van der Waals surface area contributed by atoms with Crippen LogP contribution in [0.2, 0.25) is 0 Å². The number of nitriles is 1. The van der Waals surface area contributed by atoms with Crippen molar-refractivity contribution in [3.8, 4) is 6.07 Å². The molecule has 1 aromatic carbocycles. The fraction of sp³-hybridized carbons (Fsp3) is 0.611. The van der Waals surface area contributed by atoms with Crippen LogP contribution in [0, 0.1) is 11.3 Å². The normalized spacial score (nSPS) is 18.6. The highest BCUT2D eigenvalue weighted by Crippen LogP contribution is 2.28. The summed E-state index contributed by atoms with van der Waals surface area (Å²) in [7, 11) is 0. The van der Waals surface area contributed by atoms with E-state index in [0.29, 0.717) is 6.04 Å². The van der Waals surface area contributed by atoms with E-state index in [-0.39, 0.29) is 0 Å². The van der Waals surface area contributed by atoms with Gasteiger partial charge in [-0.05, 0) is 31.5 Å². The van der Waals surface area contributed by atoms with Gasteiger partial charge in [0.05, 0.1) is 6.07 Å². The maximum atomic E-state index is 9.91. The second kappa shape index (κ2) is 7.59.